The van der Waals surface area contributed by atoms with Gasteiger partial charge in [-0.3, -0.25) is 9.69 Å². The number of anilines is 3. The Morgan fingerprint density at radius 2 is 1.84 bits per heavy atom. The third kappa shape index (κ3) is 11.4. The van der Waals surface area contributed by atoms with Crippen LogP contribution < -0.4 is 15.4 Å². The predicted molar refractivity (Wildman–Crippen MR) is 196 cm³/mol. The number of nitrogens with zero attached hydrogens (tertiary/aromatic N) is 5. The van der Waals surface area contributed by atoms with Gasteiger partial charge in [-0.25, -0.2) is 24.3 Å². The van der Waals surface area contributed by atoms with E-state index in [1.807, 2.05) is 30.5 Å². The van der Waals surface area contributed by atoms with Crippen molar-refractivity contribution in [3.05, 3.63) is 96.4 Å². The SMILES string of the molecule is COCCN(CC=CC(=O)Nc1cc2c(Nc3ccc(F)c(Cl)c3)ncnc2cc1OCC1CCCO1)CCOC.c1ccc2ncncc2c1. The van der Waals surface area contributed by atoms with Crippen LogP contribution in [0.15, 0.2) is 85.6 Å². The van der Waals surface area contributed by atoms with Gasteiger partial charge in [0.2, 0.25) is 5.91 Å². The highest BCUT2D eigenvalue weighted by Gasteiger charge is 2.19. The number of methoxy groups -OCH3 is 2. The maximum absolute atomic E-state index is 13.7. The first-order chi connectivity index (χ1) is 24.9. The van der Waals surface area contributed by atoms with E-state index in [0.717, 1.165) is 23.7 Å². The highest BCUT2D eigenvalue weighted by Crippen LogP contribution is 2.34. The second-order valence-corrected chi connectivity index (χ2v) is 12.0. The number of rotatable bonds is 15. The summed E-state index contributed by atoms with van der Waals surface area (Å²) >= 11 is 5.96. The second kappa shape index (κ2) is 19.6. The number of para-hydroxylation sites is 1. The number of carbonyl (C=O) groups excluding carboxylic acids is 1. The molecule has 3 aromatic carbocycles. The van der Waals surface area contributed by atoms with E-state index in [2.05, 4.69) is 35.5 Å². The molecule has 1 aliphatic rings. The van der Waals surface area contributed by atoms with Crippen LogP contribution in [-0.4, -0.2) is 97.1 Å². The van der Waals surface area contributed by atoms with E-state index in [0.29, 0.717) is 79.9 Å². The van der Waals surface area contributed by atoms with Crippen molar-refractivity contribution in [2.45, 2.75) is 18.9 Å². The Labute approximate surface area is 301 Å². The number of nitrogens with one attached hydrogen (secondary N) is 2. The van der Waals surface area contributed by atoms with E-state index in [9.17, 15) is 9.18 Å². The molecule has 14 heteroatoms. The molecule has 0 bridgehead atoms. The molecule has 1 aliphatic heterocycles. The topological polar surface area (TPSA) is 133 Å². The number of fused-ring (bicyclic) bond motifs is 2. The van der Waals surface area contributed by atoms with Crippen LogP contribution in [0, 0.1) is 5.82 Å². The lowest BCUT2D eigenvalue weighted by Gasteiger charge is -2.19. The minimum atomic E-state index is -0.517. The molecule has 268 valence electrons. The number of carbonyl (C=O) groups is 1. The highest BCUT2D eigenvalue weighted by molar-refractivity contribution is 6.31. The zero-order valence-electron chi connectivity index (χ0n) is 28.6. The first kappa shape index (κ1) is 37.5. The molecule has 1 saturated heterocycles. The lowest BCUT2D eigenvalue weighted by molar-refractivity contribution is -0.111. The summed E-state index contributed by atoms with van der Waals surface area (Å²) in [6, 6.07) is 15.7. The van der Waals surface area contributed by atoms with E-state index in [-0.39, 0.29) is 17.0 Å². The van der Waals surface area contributed by atoms with Crippen LogP contribution in [0.5, 0.6) is 5.75 Å². The van der Waals surface area contributed by atoms with Crippen molar-refractivity contribution in [2.24, 2.45) is 0 Å². The number of hydrogen-bond acceptors (Lipinski definition) is 11. The normalized spacial score (nSPS) is 14.2. The standard InChI is InChI=1S/C29H35ClFN5O5.C8H6N2/c1-38-13-10-36(11-14-39-2)9-3-6-28(37)35-26-16-22-25(17-27(26)41-18-21-5-4-12-40-21)32-19-33-29(22)34-20-7-8-24(31)23(30)15-20;1-2-4-8-7(3-1)5-9-6-10-8/h3,6-8,15-17,19,21H,4-5,9-14,18H2,1-2H3,(H,35,37)(H,32,33,34);1-6H. The Bertz CT molecular complexity index is 1840. The van der Waals surface area contributed by atoms with Crippen molar-refractivity contribution in [3.8, 4) is 5.75 Å². The average molecular weight is 718 g/mol. The van der Waals surface area contributed by atoms with Gasteiger partial charge in [-0.15, -0.1) is 0 Å². The molecule has 0 aliphatic carbocycles. The lowest BCUT2D eigenvalue weighted by atomic mass is 10.1. The Hall–Kier alpha value is -4.79. The summed E-state index contributed by atoms with van der Waals surface area (Å²) in [7, 11) is 3.31. The van der Waals surface area contributed by atoms with Gasteiger partial charge in [0.25, 0.3) is 0 Å². The van der Waals surface area contributed by atoms with Crippen molar-refractivity contribution in [1.29, 1.82) is 0 Å². The van der Waals surface area contributed by atoms with Gasteiger partial charge in [0.1, 0.15) is 36.6 Å². The molecule has 51 heavy (non-hydrogen) atoms. The largest absolute Gasteiger partial charge is 0.489 e. The number of halogens is 2. The van der Waals surface area contributed by atoms with Gasteiger partial charge in [-0.1, -0.05) is 35.9 Å². The van der Waals surface area contributed by atoms with Crippen LogP contribution in [0.1, 0.15) is 12.8 Å². The third-order valence-electron chi connectivity index (χ3n) is 7.90. The molecule has 0 radical (unpaired) electrons. The molecule has 6 rings (SSSR count). The molecule has 5 aromatic rings. The van der Waals surface area contributed by atoms with Crippen molar-refractivity contribution < 1.29 is 28.1 Å². The fraction of sp³-hybridized carbons (Fsp3) is 0.324. The molecule has 1 unspecified atom stereocenters. The van der Waals surface area contributed by atoms with Crippen LogP contribution in [0.25, 0.3) is 21.8 Å². The molecular formula is C37H41ClFN7O5. The van der Waals surface area contributed by atoms with Gasteiger partial charge < -0.3 is 29.6 Å². The average Bonchev–Trinajstić information content (AvgIpc) is 3.68. The summed E-state index contributed by atoms with van der Waals surface area (Å²) in [5.41, 5.74) is 2.60. The van der Waals surface area contributed by atoms with E-state index in [1.165, 1.54) is 24.5 Å². The molecule has 0 spiro atoms. The Morgan fingerprint density at radius 3 is 2.59 bits per heavy atom. The summed E-state index contributed by atoms with van der Waals surface area (Å²) in [6.07, 6.45) is 9.96. The quantitative estimate of drug-likeness (QED) is 0.116. The minimum absolute atomic E-state index is 0.00909. The van der Waals surface area contributed by atoms with Crippen molar-refractivity contribution in [3.63, 3.8) is 0 Å². The van der Waals surface area contributed by atoms with E-state index in [4.69, 9.17) is 30.5 Å². The number of aromatic nitrogens is 4. The number of amides is 1. The Kier molecular flexibility index (Phi) is 14.4. The molecule has 1 fully saturated rings. The minimum Gasteiger partial charge on any atom is -0.489 e. The van der Waals surface area contributed by atoms with Gasteiger partial charge in [0.05, 0.1) is 41.1 Å². The zero-order chi connectivity index (χ0) is 35.8. The van der Waals surface area contributed by atoms with Gasteiger partial charge in [-0.2, -0.15) is 0 Å². The first-order valence-electron chi connectivity index (χ1n) is 16.5. The summed E-state index contributed by atoms with van der Waals surface area (Å²) < 4.78 is 35.8. The summed E-state index contributed by atoms with van der Waals surface area (Å²) in [4.78, 5) is 31.8. The molecule has 3 heterocycles. The number of benzene rings is 3. The van der Waals surface area contributed by atoms with Crippen molar-refractivity contribution in [2.75, 3.05) is 70.9 Å². The van der Waals surface area contributed by atoms with E-state index >= 15 is 0 Å². The summed E-state index contributed by atoms with van der Waals surface area (Å²) in [5.74, 6) is 0.0881. The van der Waals surface area contributed by atoms with Gasteiger partial charge in [0.15, 0.2) is 0 Å². The van der Waals surface area contributed by atoms with Crippen LogP contribution in [0.3, 0.4) is 0 Å². The van der Waals surface area contributed by atoms with Crippen LogP contribution in [-0.2, 0) is 19.0 Å². The fourth-order valence-electron chi connectivity index (χ4n) is 5.21. The number of ether oxygens (including phenoxy) is 4. The van der Waals surface area contributed by atoms with Gasteiger partial charge >= 0.3 is 0 Å². The van der Waals surface area contributed by atoms with Gasteiger partial charge in [0, 0.05) is 75.3 Å². The van der Waals surface area contributed by atoms with Crippen molar-refractivity contribution >= 4 is 56.5 Å². The lowest BCUT2D eigenvalue weighted by Crippen LogP contribution is -2.31. The number of hydrogen-bond donors (Lipinski definition) is 2. The van der Waals surface area contributed by atoms with Crippen LogP contribution >= 0.6 is 11.6 Å². The maximum Gasteiger partial charge on any atom is 0.248 e. The van der Waals surface area contributed by atoms with Crippen LogP contribution in [0.4, 0.5) is 21.6 Å². The highest BCUT2D eigenvalue weighted by atomic mass is 35.5. The monoisotopic (exact) mass is 717 g/mol. The molecule has 1 amide bonds. The fourth-order valence-corrected chi connectivity index (χ4v) is 5.39. The molecule has 2 N–H and O–H groups in total. The Balaban J connectivity index is 0.000000428. The van der Waals surface area contributed by atoms with Gasteiger partial charge in [-0.05, 0) is 43.2 Å². The molecule has 2 aromatic heterocycles. The summed E-state index contributed by atoms with van der Waals surface area (Å²) in [6.45, 7) is 4.20. The van der Waals surface area contributed by atoms with E-state index < -0.39 is 5.82 Å². The molecule has 0 saturated carbocycles. The summed E-state index contributed by atoms with van der Waals surface area (Å²) in [5, 5.41) is 7.79. The third-order valence-corrected chi connectivity index (χ3v) is 8.19. The smallest absolute Gasteiger partial charge is 0.248 e. The first-order valence-corrected chi connectivity index (χ1v) is 16.9. The maximum atomic E-state index is 13.7. The van der Waals surface area contributed by atoms with Crippen molar-refractivity contribution in [1.82, 2.24) is 24.8 Å². The molecule has 1 atom stereocenters. The molecule has 12 nitrogen and oxygen atoms in total. The molecular weight excluding hydrogens is 677 g/mol. The Morgan fingerprint density at radius 1 is 1.04 bits per heavy atom. The predicted octanol–water partition coefficient (Wildman–Crippen LogP) is 6.44. The second-order valence-electron chi connectivity index (χ2n) is 11.5. The van der Waals surface area contributed by atoms with Crippen LogP contribution in [0.2, 0.25) is 5.02 Å². The zero-order valence-corrected chi connectivity index (χ0v) is 29.3. The van der Waals surface area contributed by atoms with E-state index in [1.54, 1.807) is 44.8 Å².